The zero-order valence-electron chi connectivity index (χ0n) is 13.3. The zero-order chi connectivity index (χ0) is 17.1. The molecule has 1 aliphatic heterocycles. The summed E-state index contributed by atoms with van der Waals surface area (Å²) in [6, 6.07) is 7.02. The van der Waals surface area contributed by atoms with E-state index in [4.69, 9.17) is 0 Å². The van der Waals surface area contributed by atoms with Gasteiger partial charge in [0.05, 0.1) is 9.40 Å². The Balaban J connectivity index is 1.64. The van der Waals surface area contributed by atoms with Crippen LogP contribution >= 0.6 is 15.9 Å². The van der Waals surface area contributed by atoms with Crippen LogP contribution in [-0.4, -0.2) is 46.0 Å². The van der Waals surface area contributed by atoms with Crippen LogP contribution in [0, 0.1) is 10.1 Å². The number of benzene rings is 1. The number of aromatic nitrogens is 2. The van der Waals surface area contributed by atoms with E-state index in [9.17, 15) is 10.1 Å². The maximum atomic E-state index is 10.9. The van der Waals surface area contributed by atoms with E-state index < -0.39 is 0 Å². The van der Waals surface area contributed by atoms with Gasteiger partial charge in [-0.1, -0.05) is 12.1 Å². The summed E-state index contributed by atoms with van der Waals surface area (Å²) in [4.78, 5) is 23.8. The fourth-order valence-corrected chi connectivity index (χ4v) is 3.09. The van der Waals surface area contributed by atoms with Crippen LogP contribution in [-0.2, 0) is 0 Å². The van der Waals surface area contributed by atoms with E-state index in [2.05, 4.69) is 42.6 Å². The molecule has 0 radical (unpaired) electrons. The Hall–Kier alpha value is -2.06. The molecule has 3 rings (SSSR count). The van der Waals surface area contributed by atoms with Gasteiger partial charge in [-0.15, -0.1) is 0 Å². The van der Waals surface area contributed by atoms with Gasteiger partial charge in [0.25, 0.3) is 5.69 Å². The summed E-state index contributed by atoms with van der Waals surface area (Å²) in [6.45, 7) is 5.49. The van der Waals surface area contributed by atoms with E-state index in [1.54, 1.807) is 24.5 Å². The molecule has 0 spiro atoms. The van der Waals surface area contributed by atoms with Crippen LogP contribution in [0.1, 0.15) is 18.5 Å². The number of rotatable bonds is 4. The summed E-state index contributed by atoms with van der Waals surface area (Å²) in [5, 5.41) is 10.9. The van der Waals surface area contributed by atoms with Crippen LogP contribution in [0.3, 0.4) is 0 Å². The fourth-order valence-electron chi connectivity index (χ4n) is 2.89. The third-order valence-electron chi connectivity index (χ3n) is 4.31. The molecule has 2 heterocycles. The van der Waals surface area contributed by atoms with Gasteiger partial charge >= 0.3 is 0 Å². The van der Waals surface area contributed by atoms with E-state index in [1.165, 1.54) is 6.07 Å². The summed E-state index contributed by atoms with van der Waals surface area (Å²) in [7, 11) is 0. The highest BCUT2D eigenvalue weighted by molar-refractivity contribution is 9.10. The number of nitrogens with zero attached hydrogens (tertiary/aromatic N) is 5. The van der Waals surface area contributed by atoms with Crippen LogP contribution in [0.4, 0.5) is 11.6 Å². The molecule has 1 aromatic heterocycles. The number of non-ortho nitro benzene ring substituents is 1. The van der Waals surface area contributed by atoms with Crippen molar-refractivity contribution in [1.82, 2.24) is 14.9 Å². The number of halogens is 1. The Kier molecular flexibility index (Phi) is 5.06. The van der Waals surface area contributed by atoms with E-state index in [0.717, 1.165) is 42.2 Å². The Morgan fingerprint density at radius 3 is 2.50 bits per heavy atom. The maximum absolute atomic E-state index is 10.9. The van der Waals surface area contributed by atoms with Gasteiger partial charge in [0.2, 0.25) is 5.95 Å². The lowest BCUT2D eigenvalue weighted by atomic mass is 10.1. The van der Waals surface area contributed by atoms with Gasteiger partial charge in [-0.3, -0.25) is 15.0 Å². The SMILES string of the molecule is CC(c1cccc([N+](=O)[O-])c1)N1CCN(c2ncc(Br)cn2)CC1. The second kappa shape index (κ2) is 7.23. The topological polar surface area (TPSA) is 75.4 Å². The molecule has 0 bridgehead atoms. The second-order valence-electron chi connectivity index (χ2n) is 5.75. The average Bonchev–Trinajstić information content (AvgIpc) is 2.62. The van der Waals surface area contributed by atoms with Gasteiger partial charge in [0, 0.05) is 56.7 Å². The molecule has 1 fully saturated rings. The van der Waals surface area contributed by atoms with Gasteiger partial charge in [0.1, 0.15) is 0 Å². The van der Waals surface area contributed by atoms with Crippen molar-refractivity contribution in [3.8, 4) is 0 Å². The number of hydrogen-bond acceptors (Lipinski definition) is 6. The molecule has 1 atom stereocenters. The molecule has 8 heteroatoms. The van der Waals surface area contributed by atoms with Crippen molar-refractivity contribution in [2.75, 3.05) is 31.1 Å². The van der Waals surface area contributed by atoms with Gasteiger partial charge in [-0.25, -0.2) is 9.97 Å². The molecule has 7 nitrogen and oxygen atoms in total. The lowest BCUT2D eigenvalue weighted by Crippen LogP contribution is -2.47. The zero-order valence-corrected chi connectivity index (χ0v) is 14.9. The number of hydrogen-bond donors (Lipinski definition) is 0. The predicted octanol–water partition coefficient (Wildman–Crippen LogP) is 3.03. The summed E-state index contributed by atoms with van der Waals surface area (Å²) in [5.41, 5.74) is 1.11. The van der Waals surface area contributed by atoms with Crippen LogP contribution in [0.15, 0.2) is 41.1 Å². The standard InChI is InChI=1S/C16H18BrN5O2/c1-12(13-3-2-4-15(9-13)22(23)24)20-5-7-21(8-6-20)16-18-10-14(17)11-19-16/h2-4,9-12H,5-8H2,1H3. The van der Waals surface area contributed by atoms with Crippen LogP contribution < -0.4 is 4.90 Å². The number of anilines is 1. The summed E-state index contributed by atoms with van der Waals surface area (Å²) in [5.74, 6) is 0.737. The normalized spacial score (nSPS) is 16.8. The molecule has 1 unspecified atom stereocenters. The molecule has 0 amide bonds. The molecular weight excluding hydrogens is 374 g/mol. The van der Waals surface area contributed by atoms with Crippen molar-refractivity contribution in [3.05, 3.63) is 56.8 Å². The fraction of sp³-hybridized carbons (Fsp3) is 0.375. The Morgan fingerprint density at radius 2 is 1.88 bits per heavy atom. The van der Waals surface area contributed by atoms with E-state index in [0.29, 0.717) is 0 Å². The highest BCUT2D eigenvalue weighted by Crippen LogP contribution is 2.25. The number of nitro benzene ring substituents is 1. The highest BCUT2D eigenvalue weighted by Gasteiger charge is 2.24. The van der Waals surface area contributed by atoms with E-state index in [1.807, 2.05) is 6.07 Å². The first-order chi connectivity index (χ1) is 11.5. The van der Waals surface area contributed by atoms with E-state index in [-0.39, 0.29) is 16.7 Å². The molecule has 0 aliphatic carbocycles. The minimum absolute atomic E-state index is 0.137. The number of piperazine rings is 1. The Morgan fingerprint density at radius 1 is 1.21 bits per heavy atom. The first-order valence-electron chi connectivity index (χ1n) is 7.75. The van der Waals surface area contributed by atoms with Crippen molar-refractivity contribution in [3.63, 3.8) is 0 Å². The predicted molar refractivity (Wildman–Crippen MR) is 95.0 cm³/mol. The average molecular weight is 392 g/mol. The first-order valence-corrected chi connectivity index (χ1v) is 8.55. The summed E-state index contributed by atoms with van der Waals surface area (Å²) >= 11 is 3.34. The monoisotopic (exact) mass is 391 g/mol. The van der Waals surface area contributed by atoms with Gasteiger partial charge in [-0.05, 0) is 28.4 Å². The third-order valence-corrected chi connectivity index (χ3v) is 4.72. The summed E-state index contributed by atoms with van der Waals surface area (Å²) < 4.78 is 0.865. The molecule has 0 N–H and O–H groups in total. The lowest BCUT2D eigenvalue weighted by molar-refractivity contribution is -0.384. The van der Waals surface area contributed by atoms with E-state index >= 15 is 0 Å². The molecule has 2 aromatic rings. The maximum Gasteiger partial charge on any atom is 0.269 e. The molecule has 1 aliphatic rings. The molecule has 1 aromatic carbocycles. The largest absolute Gasteiger partial charge is 0.338 e. The summed E-state index contributed by atoms with van der Waals surface area (Å²) in [6.07, 6.45) is 3.50. The lowest BCUT2D eigenvalue weighted by Gasteiger charge is -2.38. The number of nitro groups is 1. The van der Waals surface area contributed by atoms with Crippen molar-refractivity contribution in [1.29, 1.82) is 0 Å². The van der Waals surface area contributed by atoms with Gasteiger partial charge in [0.15, 0.2) is 0 Å². The highest BCUT2D eigenvalue weighted by atomic mass is 79.9. The molecule has 126 valence electrons. The van der Waals surface area contributed by atoms with Crippen molar-refractivity contribution >= 4 is 27.6 Å². The molecule has 24 heavy (non-hydrogen) atoms. The van der Waals surface area contributed by atoms with Crippen molar-refractivity contribution in [2.24, 2.45) is 0 Å². The Bertz CT molecular complexity index is 717. The van der Waals surface area contributed by atoms with Crippen LogP contribution in [0.25, 0.3) is 0 Å². The van der Waals surface area contributed by atoms with Gasteiger partial charge < -0.3 is 4.90 Å². The molecule has 0 saturated carbocycles. The smallest absolute Gasteiger partial charge is 0.269 e. The minimum Gasteiger partial charge on any atom is -0.338 e. The quantitative estimate of drug-likeness (QED) is 0.588. The second-order valence-corrected chi connectivity index (χ2v) is 6.67. The van der Waals surface area contributed by atoms with Crippen molar-refractivity contribution < 1.29 is 4.92 Å². The minimum atomic E-state index is -0.348. The Labute approximate surface area is 148 Å². The van der Waals surface area contributed by atoms with Crippen LogP contribution in [0.5, 0.6) is 0 Å². The van der Waals surface area contributed by atoms with Gasteiger partial charge in [-0.2, -0.15) is 0 Å². The first kappa shape index (κ1) is 16.8. The third kappa shape index (κ3) is 3.70. The van der Waals surface area contributed by atoms with Crippen molar-refractivity contribution in [2.45, 2.75) is 13.0 Å². The molecular formula is C16H18BrN5O2. The molecule has 1 saturated heterocycles. The van der Waals surface area contributed by atoms with Crippen LogP contribution in [0.2, 0.25) is 0 Å².